The second-order valence-corrected chi connectivity index (χ2v) is 4.59. The van der Waals surface area contributed by atoms with Crippen LogP contribution in [0.1, 0.15) is 6.92 Å². The highest BCUT2D eigenvalue weighted by atomic mass is 31.2. The summed E-state index contributed by atoms with van der Waals surface area (Å²) in [6, 6.07) is 0. The third-order valence-electron chi connectivity index (χ3n) is 1.30. The second kappa shape index (κ2) is 4.65. The van der Waals surface area contributed by atoms with Gasteiger partial charge in [0.05, 0.1) is 6.16 Å². The predicted molar refractivity (Wildman–Crippen MR) is 41.7 cm³/mol. The zero-order valence-electron chi connectivity index (χ0n) is 6.94. The van der Waals surface area contributed by atoms with Crippen molar-refractivity contribution in [1.82, 2.24) is 0 Å². The Hall–Kier alpha value is -0.180. The fourth-order valence-corrected chi connectivity index (χ4v) is 1.86. The van der Waals surface area contributed by atoms with Gasteiger partial charge in [-0.2, -0.15) is 0 Å². The second-order valence-electron chi connectivity index (χ2n) is 2.27. The van der Waals surface area contributed by atoms with Crippen LogP contribution in [0.25, 0.3) is 0 Å². The first-order chi connectivity index (χ1) is 5.08. The van der Waals surface area contributed by atoms with Gasteiger partial charge in [0.1, 0.15) is 6.29 Å². The van der Waals surface area contributed by atoms with Crippen molar-refractivity contribution < 1.29 is 18.4 Å². The fraction of sp³-hybridized carbons (Fsp3) is 0.833. The number of rotatable bonds is 5. The Morgan fingerprint density at radius 3 is 2.18 bits per heavy atom. The SMILES string of the molecule is COP(=O)(CC(C)C=O)OC. The van der Waals surface area contributed by atoms with Gasteiger partial charge in [0.2, 0.25) is 0 Å². The monoisotopic (exact) mass is 180 g/mol. The first-order valence-electron chi connectivity index (χ1n) is 3.24. The van der Waals surface area contributed by atoms with Gasteiger partial charge in [0, 0.05) is 20.1 Å². The van der Waals surface area contributed by atoms with Crippen LogP contribution in [0.2, 0.25) is 0 Å². The molecule has 0 saturated carbocycles. The molecule has 0 bridgehead atoms. The van der Waals surface area contributed by atoms with Gasteiger partial charge in [-0.15, -0.1) is 0 Å². The fourth-order valence-electron chi connectivity index (χ4n) is 0.619. The summed E-state index contributed by atoms with van der Waals surface area (Å²) in [6.45, 7) is 1.66. The lowest BCUT2D eigenvalue weighted by Gasteiger charge is -2.14. The van der Waals surface area contributed by atoms with E-state index in [0.29, 0.717) is 0 Å². The van der Waals surface area contributed by atoms with E-state index in [1.54, 1.807) is 6.92 Å². The lowest BCUT2D eigenvalue weighted by atomic mass is 10.3. The van der Waals surface area contributed by atoms with Crippen molar-refractivity contribution in [3.8, 4) is 0 Å². The molecule has 0 rings (SSSR count). The molecule has 0 aromatic rings. The normalized spacial score (nSPS) is 14.5. The Morgan fingerprint density at radius 2 is 1.91 bits per heavy atom. The molecule has 0 N–H and O–H groups in total. The van der Waals surface area contributed by atoms with E-state index in [-0.39, 0.29) is 12.1 Å². The van der Waals surface area contributed by atoms with Crippen molar-refractivity contribution in [3.05, 3.63) is 0 Å². The molecule has 0 aliphatic carbocycles. The third-order valence-corrected chi connectivity index (χ3v) is 3.44. The average molecular weight is 180 g/mol. The highest BCUT2D eigenvalue weighted by Crippen LogP contribution is 2.47. The van der Waals surface area contributed by atoms with Gasteiger partial charge in [0.25, 0.3) is 0 Å². The number of hydrogen-bond acceptors (Lipinski definition) is 4. The highest BCUT2D eigenvalue weighted by molar-refractivity contribution is 7.53. The van der Waals surface area contributed by atoms with Gasteiger partial charge in [-0.05, 0) is 0 Å². The van der Waals surface area contributed by atoms with Crippen LogP contribution in [-0.4, -0.2) is 26.7 Å². The molecule has 5 heteroatoms. The first kappa shape index (κ1) is 10.8. The van der Waals surface area contributed by atoms with Crippen LogP contribution in [0.5, 0.6) is 0 Å². The summed E-state index contributed by atoms with van der Waals surface area (Å²) in [4.78, 5) is 10.2. The minimum atomic E-state index is -2.99. The predicted octanol–water partition coefficient (Wildman–Crippen LogP) is 1.31. The molecule has 66 valence electrons. The molecule has 0 amide bonds. The van der Waals surface area contributed by atoms with Crippen LogP contribution >= 0.6 is 7.60 Å². The van der Waals surface area contributed by atoms with Crippen molar-refractivity contribution in [2.75, 3.05) is 20.4 Å². The number of carbonyl (C=O) groups is 1. The van der Waals surface area contributed by atoms with Crippen LogP contribution in [0.4, 0.5) is 0 Å². The molecule has 11 heavy (non-hydrogen) atoms. The summed E-state index contributed by atoms with van der Waals surface area (Å²) in [5.41, 5.74) is 0. The van der Waals surface area contributed by atoms with Crippen molar-refractivity contribution in [2.45, 2.75) is 6.92 Å². The molecule has 4 nitrogen and oxygen atoms in total. The van der Waals surface area contributed by atoms with Crippen LogP contribution in [0.3, 0.4) is 0 Å². The zero-order chi connectivity index (χ0) is 8.91. The first-order valence-corrected chi connectivity index (χ1v) is 4.96. The molecular formula is C6H13O4P. The Kier molecular flexibility index (Phi) is 4.57. The Balaban J connectivity index is 4.08. The molecule has 0 aromatic carbocycles. The Labute approximate surface area is 66.4 Å². The number of hydrogen-bond donors (Lipinski definition) is 0. The van der Waals surface area contributed by atoms with Gasteiger partial charge < -0.3 is 13.8 Å². The summed E-state index contributed by atoms with van der Waals surface area (Å²) in [6.07, 6.45) is 0.869. The smallest absolute Gasteiger partial charge is 0.312 e. The minimum absolute atomic E-state index is 0.142. The van der Waals surface area contributed by atoms with Crippen molar-refractivity contribution in [3.63, 3.8) is 0 Å². The van der Waals surface area contributed by atoms with Crippen LogP contribution in [0, 0.1) is 5.92 Å². The van der Waals surface area contributed by atoms with Crippen molar-refractivity contribution >= 4 is 13.9 Å². The van der Waals surface area contributed by atoms with Crippen molar-refractivity contribution in [1.29, 1.82) is 0 Å². The van der Waals surface area contributed by atoms with E-state index >= 15 is 0 Å². The molecule has 0 aliphatic rings. The average Bonchev–Trinajstić information content (AvgIpc) is 2.04. The largest absolute Gasteiger partial charge is 0.330 e. The quantitative estimate of drug-likeness (QED) is 0.472. The maximum Gasteiger partial charge on any atom is 0.330 e. The molecule has 1 atom stereocenters. The molecule has 0 radical (unpaired) electrons. The molecule has 0 spiro atoms. The summed E-state index contributed by atoms with van der Waals surface area (Å²) < 4.78 is 20.6. The standard InChI is InChI=1S/C6H13O4P/c1-6(4-7)5-11(8,9-2)10-3/h4,6H,5H2,1-3H3. The number of aldehydes is 1. The summed E-state index contributed by atoms with van der Waals surface area (Å²) in [5.74, 6) is -0.291. The van der Waals surface area contributed by atoms with Crippen LogP contribution in [0.15, 0.2) is 0 Å². The minimum Gasteiger partial charge on any atom is -0.312 e. The van der Waals surface area contributed by atoms with Gasteiger partial charge in [-0.25, -0.2) is 0 Å². The Morgan fingerprint density at radius 1 is 1.45 bits per heavy atom. The van der Waals surface area contributed by atoms with Gasteiger partial charge in [-0.3, -0.25) is 4.57 Å². The van der Waals surface area contributed by atoms with Crippen LogP contribution < -0.4 is 0 Å². The van der Waals surface area contributed by atoms with Crippen LogP contribution in [-0.2, 0) is 18.4 Å². The van der Waals surface area contributed by atoms with Gasteiger partial charge in [0.15, 0.2) is 0 Å². The summed E-state index contributed by atoms with van der Waals surface area (Å²) >= 11 is 0. The molecule has 0 saturated heterocycles. The van der Waals surface area contributed by atoms with E-state index in [1.807, 2.05) is 0 Å². The molecule has 0 aromatic heterocycles. The lowest BCUT2D eigenvalue weighted by molar-refractivity contribution is -0.110. The van der Waals surface area contributed by atoms with E-state index < -0.39 is 7.60 Å². The third kappa shape index (κ3) is 3.65. The van der Waals surface area contributed by atoms with E-state index in [9.17, 15) is 9.36 Å². The van der Waals surface area contributed by atoms with E-state index in [0.717, 1.165) is 6.29 Å². The molecular weight excluding hydrogens is 167 g/mol. The summed E-state index contributed by atoms with van der Waals surface area (Å²) in [5, 5.41) is 0. The van der Waals surface area contributed by atoms with Gasteiger partial charge in [-0.1, -0.05) is 6.92 Å². The Bertz CT molecular complexity index is 160. The highest BCUT2D eigenvalue weighted by Gasteiger charge is 2.23. The number of carbonyl (C=O) groups excluding carboxylic acids is 1. The van der Waals surface area contributed by atoms with E-state index in [4.69, 9.17) is 0 Å². The molecule has 0 fully saturated rings. The zero-order valence-corrected chi connectivity index (χ0v) is 7.84. The molecule has 1 unspecified atom stereocenters. The topological polar surface area (TPSA) is 52.6 Å². The molecule has 0 heterocycles. The lowest BCUT2D eigenvalue weighted by Crippen LogP contribution is -2.05. The maximum absolute atomic E-state index is 11.3. The van der Waals surface area contributed by atoms with E-state index in [1.165, 1.54) is 14.2 Å². The van der Waals surface area contributed by atoms with E-state index in [2.05, 4.69) is 9.05 Å². The maximum atomic E-state index is 11.3. The molecule has 0 aliphatic heterocycles. The van der Waals surface area contributed by atoms with Gasteiger partial charge >= 0.3 is 7.60 Å². The van der Waals surface area contributed by atoms with Crippen molar-refractivity contribution in [2.24, 2.45) is 5.92 Å². The summed E-state index contributed by atoms with van der Waals surface area (Å²) in [7, 11) is -0.370.